The number of nitrogens with zero attached hydrogens (tertiary/aromatic N) is 5. The van der Waals surface area contributed by atoms with Crippen molar-refractivity contribution in [2.24, 2.45) is 7.05 Å². The van der Waals surface area contributed by atoms with Crippen LogP contribution in [-0.4, -0.2) is 43.4 Å². The minimum absolute atomic E-state index is 0.200. The molecule has 0 fully saturated rings. The van der Waals surface area contributed by atoms with Gasteiger partial charge in [0.1, 0.15) is 0 Å². The van der Waals surface area contributed by atoms with Crippen molar-refractivity contribution >= 4 is 34.4 Å². The van der Waals surface area contributed by atoms with Gasteiger partial charge < -0.3 is 4.74 Å². The summed E-state index contributed by atoms with van der Waals surface area (Å²) in [4.78, 5) is 29.7. The third-order valence-corrected chi connectivity index (χ3v) is 5.31. The zero-order valence-electron chi connectivity index (χ0n) is 17.5. The molecule has 0 bridgehead atoms. The molecule has 0 radical (unpaired) electrons. The number of hydrogen-bond donors (Lipinski definition) is 0. The van der Waals surface area contributed by atoms with E-state index in [1.165, 1.54) is 7.11 Å². The molecule has 9 heteroatoms. The van der Waals surface area contributed by atoms with Crippen LogP contribution in [-0.2, 0) is 23.1 Å². The molecule has 0 spiro atoms. The van der Waals surface area contributed by atoms with Crippen LogP contribution in [0.25, 0.3) is 22.2 Å². The van der Waals surface area contributed by atoms with Gasteiger partial charge in [-0.2, -0.15) is 10.2 Å². The summed E-state index contributed by atoms with van der Waals surface area (Å²) in [5.74, 6) is -1.70. The first-order valence-corrected chi connectivity index (χ1v) is 9.91. The van der Waals surface area contributed by atoms with Crippen LogP contribution in [0.4, 0.5) is 0 Å². The highest BCUT2D eigenvalue weighted by Gasteiger charge is 2.28. The van der Waals surface area contributed by atoms with Gasteiger partial charge >= 0.3 is 5.97 Å². The Balaban J connectivity index is 2.02. The average molecular weight is 438 g/mol. The number of aryl methyl sites for hydroxylation is 3. The molecule has 0 amide bonds. The first kappa shape index (κ1) is 20.7. The molecule has 3 heterocycles. The molecule has 0 saturated heterocycles. The Morgan fingerprint density at radius 1 is 1.13 bits per heavy atom. The molecule has 158 valence electrons. The fourth-order valence-electron chi connectivity index (χ4n) is 3.71. The number of ether oxygens (including phenoxy) is 1. The van der Waals surface area contributed by atoms with Gasteiger partial charge in [-0.1, -0.05) is 23.7 Å². The lowest BCUT2D eigenvalue weighted by Gasteiger charge is -2.13. The number of Topliss-reactive ketones (excluding diaryl/α,β-unsaturated/α-hetero) is 1. The number of methoxy groups -OCH3 is 1. The number of carbonyl (C=O) groups excluding carboxylic acids is 2. The number of aromatic nitrogens is 5. The summed E-state index contributed by atoms with van der Waals surface area (Å²) in [5, 5.41) is 10.1. The highest BCUT2D eigenvalue weighted by molar-refractivity contribution is 6.43. The number of fused-ring (bicyclic) bond motifs is 1. The molecule has 1 aromatic carbocycles. The molecule has 0 aliphatic heterocycles. The smallest absolute Gasteiger partial charge is 0.379 e. The highest BCUT2D eigenvalue weighted by atomic mass is 35.5. The number of halogens is 1. The molecule has 0 aliphatic carbocycles. The molecule has 8 nitrogen and oxygen atoms in total. The van der Waals surface area contributed by atoms with Crippen molar-refractivity contribution in [3.05, 3.63) is 64.2 Å². The van der Waals surface area contributed by atoms with E-state index in [0.717, 1.165) is 11.1 Å². The van der Waals surface area contributed by atoms with Crippen molar-refractivity contribution in [2.75, 3.05) is 7.11 Å². The monoisotopic (exact) mass is 437 g/mol. The predicted octanol–water partition coefficient (Wildman–Crippen LogP) is 3.51. The van der Waals surface area contributed by atoms with Crippen molar-refractivity contribution in [3.63, 3.8) is 0 Å². The molecule has 0 aliphatic rings. The SMILES string of the molecule is COC(=O)C(=O)c1c(C)nc2c(c(C)nn2Cc2cnn(C)c2)c1-c1ccc(Cl)cc1. The highest BCUT2D eigenvalue weighted by Crippen LogP contribution is 2.36. The van der Waals surface area contributed by atoms with Gasteiger partial charge in [-0.3, -0.25) is 9.48 Å². The summed E-state index contributed by atoms with van der Waals surface area (Å²) in [6, 6.07) is 7.09. The van der Waals surface area contributed by atoms with Gasteiger partial charge in [0.25, 0.3) is 5.78 Å². The minimum Gasteiger partial charge on any atom is -0.463 e. The number of hydrogen-bond acceptors (Lipinski definition) is 6. The first-order chi connectivity index (χ1) is 14.8. The summed E-state index contributed by atoms with van der Waals surface area (Å²) < 4.78 is 8.19. The third kappa shape index (κ3) is 3.70. The lowest BCUT2D eigenvalue weighted by atomic mass is 9.93. The van der Waals surface area contributed by atoms with Gasteiger partial charge in [-0.05, 0) is 31.5 Å². The first-order valence-electron chi connectivity index (χ1n) is 9.54. The van der Waals surface area contributed by atoms with Crippen LogP contribution in [0.15, 0.2) is 36.7 Å². The average Bonchev–Trinajstić information content (AvgIpc) is 3.29. The molecule has 4 aromatic rings. The normalized spacial score (nSPS) is 11.1. The molecule has 0 atom stereocenters. The van der Waals surface area contributed by atoms with Crippen molar-refractivity contribution in [1.29, 1.82) is 0 Å². The fraction of sp³-hybridized carbons (Fsp3) is 0.227. The Hall–Kier alpha value is -3.52. The standard InChI is InChI=1S/C22H20ClN5O3/c1-12-17(20(29)22(30)31-4)19(15-5-7-16(23)8-6-15)18-13(2)26-28(21(18)25-12)11-14-9-24-27(3)10-14/h5-10H,11H2,1-4H3. The van der Waals surface area contributed by atoms with E-state index in [1.54, 1.807) is 34.6 Å². The van der Waals surface area contributed by atoms with E-state index in [0.29, 0.717) is 39.6 Å². The van der Waals surface area contributed by atoms with Crippen molar-refractivity contribution in [1.82, 2.24) is 24.5 Å². The zero-order chi connectivity index (χ0) is 22.3. The Kier molecular flexibility index (Phi) is 5.32. The summed E-state index contributed by atoms with van der Waals surface area (Å²) in [6.45, 7) is 4.02. The summed E-state index contributed by atoms with van der Waals surface area (Å²) in [7, 11) is 3.03. The lowest BCUT2D eigenvalue weighted by molar-refractivity contribution is -0.135. The predicted molar refractivity (Wildman–Crippen MR) is 116 cm³/mol. The summed E-state index contributed by atoms with van der Waals surface area (Å²) >= 11 is 6.07. The van der Waals surface area contributed by atoms with Crippen LogP contribution in [0.5, 0.6) is 0 Å². The van der Waals surface area contributed by atoms with Gasteiger partial charge in [-0.15, -0.1) is 0 Å². The maximum absolute atomic E-state index is 12.9. The number of carbonyl (C=O) groups is 2. The van der Waals surface area contributed by atoms with Gasteiger partial charge in [0.2, 0.25) is 0 Å². The molecular formula is C22H20ClN5O3. The third-order valence-electron chi connectivity index (χ3n) is 5.06. The quantitative estimate of drug-likeness (QED) is 0.269. The van der Waals surface area contributed by atoms with Crippen LogP contribution in [0.3, 0.4) is 0 Å². The Labute approximate surface area is 183 Å². The lowest BCUT2D eigenvalue weighted by Crippen LogP contribution is -2.19. The van der Waals surface area contributed by atoms with E-state index < -0.39 is 11.8 Å². The molecule has 0 N–H and O–H groups in total. The number of pyridine rings is 1. The van der Waals surface area contributed by atoms with E-state index in [4.69, 9.17) is 16.3 Å². The number of esters is 1. The van der Waals surface area contributed by atoms with E-state index in [2.05, 4.69) is 15.2 Å². The summed E-state index contributed by atoms with van der Waals surface area (Å²) in [6.07, 6.45) is 3.68. The van der Waals surface area contributed by atoms with E-state index in [9.17, 15) is 9.59 Å². The Bertz CT molecular complexity index is 1320. The topological polar surface area (TPSA) is 91.9 Å². The Morgan fingerprint density at radius 3 is 2.45 bits per heavy atom. The van der Waals surface area contributed by atoms with E-state index in [1.807, 2.05) is 32.3 Å². The van der Waals surface area contributed by atoms with Crippen LogP contribution in [0.1, 0.15) is 27.3 Å². The van der Waals surface area contributed by atoms with Gasteiger partial charge in [-0.25, -0.2) is 14.5 Å². The minimum atomic E-state index is -0.945. The number of ketones is 1. The van der Waals surface area contributed by atoms with Crippen molar-refractivity contribution in [3.8, 4) is 11.1 Å². The molecule has 0 saturated carbocycles. The van der Waals surface area contributed by atoms with E-state index >= 15 is 0 Å². The molecular weight excluding hydrogens is 418 g/mol. The van der Waals surface area contributed by atoms with Crippen LogP contribution < -0.4 is 0 Å². The van der Waals surface area contributed by atoms with E-state index in [-0.39, 0.29) is 5.56 Å². The zero-order valence-corrected chi connectivity index (χ0v) is 18.3. The molecule has 4 rings (SSSR count). The molecule has 0 unspecified atom stereocenters. The maximum Gasteiger partial charge on any atom is 0.379 e. The van der Waals surface area contributed by atoms with Crippen molar-refractivity contribution in [2.45, 2.75) is 20.4 Å². The number of rotatable bonds is 5. The number of benzene rings is 1. The van der Waals surface area contributed by atoms with Gasteiger partial charge in [0, 0.05) is 29.4 Å². The largest absolute Gasteiger partial charge is 0.463 e. The van der Waals surface area contributed by atoms with Crippen LogP contribution in [0.2, 0.25) is 5.02 Å². The van der Waals surface area contributed by atoms with Crippen LogP contribution >= 0.6 is 11.6 Å². The summed E-state index contributed by atoms with van der Waals surface area (Å²) in [5.41, 5.74) is 4.21. The van der Waals surface area contributed by atoms with Crippen LogP contribution in [0, 0.1) is 13.8 Å². The fourth-order valence-corrected chi connectivity index (χ4v) is 3.84. The second kappa shape index (κ2) is 7.96. The second-order valence-electron chi connectivity index (χ2n) is 7.24. The maximum atomic E-state index is 12.9. The Morgan fingerprint density at radius 2 is 1.84 bits per heavy atom. The van der Waals surface area contributed by atoms with Gasteiger partial charge in [0.05, 0.1) is 42.2 Å². The molecule has 31 heavy (non-hydrogen) atoms. The molecule has 3 aromatic heterocycles. The van der Waals surface area contributed by atoms with Gasteiger partial charge in [0.15, 0.2) is 5.65 Å². The van der Waals surface area contributed by atoms with Crippen molar-refractivity contribution < 1.29 is 14.3 Å². The second-order valence-corrected chi connectivity index (χ2v) is 7.68.